The van der Waals surface area contributed by atoms with Crippen molar-refractivity contribution in [2.24, 2.45) is 10.6 Å². The summed E-state index contributed by atoms with van der Waals surface area (Å²) >= 11 is 5.65. The van der Waals surface area contributed by atoms with E-state index in [-0.39, 0.29) is 11.2 Å². The first kappa shape index (κ1) is 9.29. The fourth-order valence-electron chi connectivity index (χ4n) is 1.42. The molecule has 11 heavy (non-hydrogen) atoms. The molecular formula is C6H12ClNO2S. The molecule has 0 aromatic carbocycles. The molecule has 66 valence electrons. The number of rotatable bonds is 3. The third kappa shape index (κ3) is 2.32. The van der Waals surface area contributed by atoms with Crippen molar-refractivity contribution >= 4 is 21.6 Å². The lowest BCUT2D eigenvalue weighted by atomic mass is 9.72. The van der Waals surface area contributed by atoms with Gasteiger partial charge in [-0.3, -0.25) is 0 Å². The first-order valence-corrected chi connectivity index (χ1v) is 5.79. The summed E-state index contributed by atoms with van der Waals surface area (Å²) in [5.74, 6) is 0.451. The second kappa shape index (κ2) is 2.92. The van der Waals surface area contributed by atoms with E-state index >= 15 is 0 Å². The number of halogens is 1. The fourth-order valence-corrected chi connectivity index (χ4v) is 3.14. The average molecular weight is 198 g/mol. The van der Waals surface area contributed by atoms with Crippen molar-refractivity contribution < 1.29 is 8.42 Å². The van der Waals surface area contributed by atoms with Gasteiger partial charge in [-0.25, -0.2) is 13.6 Å². The fraction of sp³-hybridized carbons (Fsp3) is 1.00. The van der Waals surface area contributed by atoms with Crippen molar-refractivity contribution in [1.29, 1.82) is 0 Å². The zero-order valence-corrected chi connectivity index (χ0v) is 7.79. The highest BCUT2D eigenvalue weighted by molar-refractivity contribution is 7.89. The zero-order chi connectivity index (χ0) is 8.54. The third-order valence-corrected chi connectivity index (χ3v) is 3.79. The topological polar surface area (TPSA) is 60.2 Å². The molecule has 0 unspecified atom stereocenters. The van der Waals surface area contributed by atoms with Gasteiger partial charge in [0.15, 0.2) is 0 Å². The van der Waals surface area contributed by atoms with E-state index in [4.69, 9.17) is 16.7 Å². The molecule has 0 radical (unpaired) electrons. The van der Waals surface area contributed by atoms with Crippen LogP contribution in [0.15, 0.2) is 0 Å². The van der Waals surface area contributed by atoms with Crippen molar-refractivity contribution in [3.63, 3.8) is 0 Å². The minimum absolute atomic E-state index is 0.0451. The molecule has 0 amide bonds. The third-order valence-electron chi connectivity index (χ3n) is 2.21. The number of nitrogens with two attached hydrogens (primary N) is 1. The molecule has 0 spiro atoms. The van der Waals surface area contributed by atoms with Gasteiger partial charge in [-0.05, 0) is 18.3 Å². The summed E-state index contributed by atoms with van der Waals surface area (Å²) in [7, 11) is -3.34. The van der Waals surface area contributed by atoms with Crippen LogP contribution in [-0.2, 0) is 10.0 Å². The Balaban J connectivity index is 2.59. The van der Waals surface area contributed by atoms with Crippen LogP contribution in [0.25, 0.3) is 0 Å². The van der Waals surface area contributed by atoms with Gasteiger partial charge >= 0.3 is 0 Å². The normalized spacial score (nSPS) is 22.7. The van der Waals surface area contributed by atoms with Crippen molar-refractivity contribution in [1.82, 2.24) is 0 Å². The maximum absolute atomic E-state index is 10.7. The molecule has 0 aromatic heterocycles. The predicted molar refractivity (Wildman–Crippen MR) is 45.0 cm³/mol. The van der Waals surface area contributed by atoms with Gasteiger partial charge in [-0.1, -0.05) is 6.42 Å². The second-order valence-electron chi connectivity index (χ2n) is 3.29. The molecule has 0 aromatic rings. The Morgan fingerprint density at radius 1 is 1.45 bits per heavy atom. The Kier molecular flexibility index (Phi) is 2.46. The number of hydrogen-bond acceptors (Lipinski definition) is 2. The molecular weight excluding hydrogens is 186 g/mol. The Labute approximate surface area is 72.0 Å². The Morgan fingerprint density at radius 2 is 2.00 bits per heavy atom. The Morgan fingerprint density at radius 3 is 2.09 bits per heavy atom. The molecule has 0 saturated heterocycles. The van der Waals surface area contributed by atoms with E-state index in [1.54, 1.807) is 0 Å². The molecule has 1 aliphatic carbocycles. The minimum Gasteiger partial charge on any atom is -0.229 e. The zero-order valence-electron chi connectivity index (χ0n) is 6.22. The van der Waals surface area contributed by atoms with Crippen LogP contribution in [0.3, 0.4) is 0 Å². The van der Waals surface area contributed by atoms with Gasteiger partial charge in [-0.2, -0.15) is 0 Å². The van der Waals surface area contributed by atoms with E-state index in [0.717, 1.165) is 19.3 Å². The van der Waals surface area contributed by atoms with E-state index in [9.17, 15) is 8.42 Å². The second-order valence-corrected chi connectivity index (χ2v) is 5.18. The molecule has 2 N–H and O–H groups in total. The molecule has 0 aliphatic heterocycles. The Bertz CT molecular complexity index is 227. The smallest absolute Gasteiger partial charge is 0.209 e. The van der Waals surface area contributed by atoms with Gasteiger partial charge in [0.05, 0.1) is 5.75 Å². The highest BCUT2D eigenvalue weighted by Gasteiger charge is 2.39. The molecule has 5 heteroatoms. The maximum atomic E-state index is 10.7. The highest BCUT2D eigenvalue weighted by Crippen LogP contribution is 2.42. The van der Waals surface area contributed by atoms with Gasteiger partial charge in [0.1, 0.15) is 0 Å². The molecule has 0 bridgehead atoms. The Hall–Kier alpha value is 0.200. The first-order valence-electron chi connectivity index (χ1n) is 3.54. The van der Waals surface area contributed by atoms with Crippen LogP contribution in [0.2, 0.25) is 0 Å². The van der Waals surface area contributed by atoms with Crippen LogP contribution in [0.1, 0.15) is 19.3 Å². The largest absolute Gasteiger partial charge is 0.229 e. The van der Waals surface area contributed by atoms with Crippen molar-refractivity contribution in [3.05, 3.63) is 0 Å². The predicted octanol–water partition coefficient (Wildman–Crippen LogP) is 0.684. The van der Waals surface area contributed by atoms with Crippen molar-refractivity contribution in [2.45, 2.75) is 19.3 Å². The van der Waals surface area contributed by atoms with E-state index in [0.29, 0.717) is 5.88 Å². The van der Waals surface area contributed by atoms with Crippen LogP contribution in [0.5, 0.6) is 0 Å². The van der Waals surface area contributed by atoms with Crippen LogP contribution < -0.4 is 5.14 Å². The monoisotopic (exact) mass is 197 g/mol. The van der Waals surface area contributed by atoms with E-state index in [1.165, 1.54) is 0 Å². The van der Waals surface area contributed by atoms with Gasteiger partial charge in [-0.15, -0.1) is 11.6 Å². The highest BCUT2D eigenvalue weighted by atomic mass is 35.5. The molecule has 1 rings (SSSR count). The summed E-state index contributed by atoms with van der Waals surface area (Å²) in [6.45, 7) is 0. The van der Waals surface area contributed by atoms with Gasteiger partial charge in [0.25, 0.3) is 0 Å². The van der Waals surface area contributed by atoms with Crippen LogP contribution in [0.4, 0.5) is 0 Å². The summed E-state index contributed by atoms with van der Waals surface area (Å²) in [5.41, 5.74) is -0.199. The molecule has 1 aliphatic rings. The van der Waals surface area contributed by atoms with Crippen LogP contribution >= 0.6 is 11.6 Å². The summed E-state index contributed by atoms with van der Waals surface area (Å²) in [6.07, 6.45) is 2.86. The van der Waals surface area contributed by atoms with E-state index in [1.807, 2.05) is 0 Å². The molecule has 0 heterocycles. The standard InChI is InChI=1S/C6H12ClNO2S/c7-4-6(2-1-3-6)5-11(8,9)10/h1-5H2,(H2,8,9,10). The number of alkyl halides is 1. The van der Waals surface area contributed by atoms with Crippen LogP contribution in [0, 0.1) is 5.41 Å². The summed E-state index contributed by atoms with van der Waals surface area (Å²) < 4.78 is 21.4. The molecule has 1 fully saturated rings. The summed E-state index contributed by atoms with van der Waals surface area (Å²) in [5, 5.41) is 4.92. The first-order chi connectivity index (χ1) is 4.97. The van der Waals surface area contributed by atoms with E-state index < -0.39 is 10.0 Å². The number of hydrogen-bond donors (Lipinski definition) is 1. The van der Waals surface area contributed by atoms with Crippen molar-refractivity contribution in [3.8, 4) is 0 Å². The lowest BCUT2D eigenvalue weighted by Gasteiger charge is -2.39. The van der Waals surface area contributed by atoms with Gasteiger partial charge in [0, 0.05) is 5.88 Å². The minimum atomic E-state index is -3.34. The van der Waals surface area contributed by atoms with E-state index in [2.05, 4.69) is 0 Å². The molecule has 1 saturated carbocycles. The lowest BCUT2D eigenvalue weighted by Crippen LogP contribution is -2.40. The summed E-state index contributed by atoms with van der Waals surface area (Å²) in [6, 6.07) is 0. The molecule has 3 nitrogen and oxygen atoms in total. The number of sulfonamides is 1. The van der Waals surface area contributed by atoms with Gasteiger partial charge < -0.3 is 0 Å². The summed E-state index contributed by atoms with van der Waals surface area (Å²) in [4.78, 5) is 0. The lowest BCUT2D eigenvalue weighted by molar-refractivity contribution is 0.199. The van der Waals surface area contributed by atoms with Crippen LogP contribution in [-0.4, -0.2) is 20.1 Å². The van der Waals surface area contributed by atoms with Gasteiger partial charge in [0.2, 0.25) is 10.0 Å². The SMILES string of the molecule is NS(=O)(=O)CC1(CCl)CCC1. The number of primary sulfonamides is 1. The maximum Gasteiger partial charge on any atom is 0.209 e. The quantitative estimate of drug-likeness (QED) is 0.677. The molecule has 0 atom stereocenters. The average Bonchev–Trinajstić information content (AvgIpc) is 1.77. The van der Waals surface area contributed by atoms with Crippen molar-refractivity contribution in [2.75, 3.05) is 11.6 Å².